The summed E-state index contributed by atoms with van der Waals surface area (Å²) < 4.78 is 13.2. The van der Waals surface area contributed by atoms with E-state index < -0.39 is 10.8 Å². The molecule has 1 aromatic carbocycles. The van der Waals surface area contributed by atoms with E-state index >= 15 is 0 Å². The third-order valence-corrected chi connectivity index (χ3v) is 5.71. The third kappa shape index (κ3) is 3.52. The second kappa shape index (κ2) is 6.66. The van der Waals surface area contributed by atoms with Gasteiger partial charge in [0.05, 0.1) is 0 Å². The molecule has 0 N–H and O–H groups in total. The summed E-state index contributed by atoms with van der Waals surface area (Å²) in [5.74, 6) is 1.28. The van der Waals surface area contributed by atoms with Gasteiger partial charge in [0.25, 0.3) is 5.56 Å². The van der Waals surface area contributed by atoms with Crippen molar-refractivity contribution < 1.29 is 9.00 Å². The van der Waals surface area contributed by atoms with Gasteiger partial charge in [0.1, 0.15) is 6.54 Å². The molecule has 1 aliphatic rings. The molecule has 1 fully saturated rings. The van der Waals surface area contributed by atoms with Gasteiger partial charge in [-0.15, -0.1) is 0 Å². The van der Waals surface area contributed by atoms with E-state index in [-0.39, 0.29) is 23.9 Å². The van der Waals surface area contributed by atoms with Crippen molar-refractivity contribution in [2.75, 3.05) is 24.6 Å². The zero-order chi connectivity index (χ0) is 16.4. The van der Waals surface area contributed by atoms with Crippen LogP contribution in [-0.2, 0) is 22.1 Å². The van der Waals surface area contributed by atoms with E-state index in [4.69, 9.17) is 0 Å². The SMILES string of the molecule is C[C@H]1CN(C(=O)Cn2ccc3ccccc3c2=O)CC[S@@](=O)C1. The Kier molecular flexibility index (Phi) is 4.61. The molecule has 6 heteroatoms. The first kappa shape index (κ1) is 15.9. The quantitative estimate of drug-likeness (QED) is 0.831. The molecule has 2 aromatic rings. The van der Waals surface area contributed by atoms with Crippen LogP contribution in [0.2, 0.25) is 0 Å². The average molecular weight is 332 g/mol. The van der Waals surface area contributed by atoms with Gasteiger partial charge < -0.3 is 9.47 Å². The van der Waals surface area contributed by atoms with Crippen LogP contribution in [0.5, 0.6) is 0 Å². The third-order valence-electron chi connectivity index (χ3n) is 4.14. The van der Waals surface area contributed by atoms with Crippen molar-refractivity contribution >= 4 is 27.5 Å². The fourth-order valence-electron chi connectivity index (χ4n) is 2.96. The summed E-state index contributed by atoms with van der Waals surface area (Å²) in [6.45, 7) is 3.14. The molecule has 0 bridgehead atoms. The number of nitrogens with zero attached hydrogens (tertiary/aromatic N) is 2. The van der Waals surface area contributed by atoms with Crippen LogP contribution in [0.25, 0.3) is 10.8 Å². The predicted molar refractivity (Wildman–Crippen MR) is 91.8 cm³/mol. The van der Waals surface area contributed by atoms with E-state index in [0.717, 1.165) is 5.39 Å². The Bertz CT molecular complexity index is 815. The Morgan fingerprint density at radius 2 is 2.09 bits per heavy atom. The van der Waals surface area contributed by atoms with Crippen LogP contribution in [-0.4, -0.2) is 44.2 Å². The second-order valence-electron chi connectivity index (χ2n) is 6.09. The molecule has 0 spiro atoms. The fourth-order valence-corrected chi connectivity index (χ4v) is 4.29. The summed E-state index contributed by atoms with van der Waals surface area (Å²) in [6, 6.07) is 9.21. The van der Waals surface area contributed by atoms with Crippen molar-refractivity contribution in [1.82, 2.24) is 9.47 Å². The number of rotatable bonds is 2. The average Bonchev–Trinajstić information content (AvgIpc) is 2.70. The van der Waals surface area contributed by atoms with Gasteiger partial charge in [0.2, 0.25) is 5.91 Å². The number of carbonyl (C=O) groups is 1. The van der Waals surface area contributed by atoms with Crippen LogP contribution < -0.4 is 5.56 Å². The molecule has 3 rings (SSSR count). The van der Waals surface area contributed by atoms with Gasteiger partial charge in [-0.3, -0.25) is 13.8 Å². The number of benzene rings is 1. The smallest absolute Gasteiger partial charge is 0.258 e. The molecule has 1 amide bonds. The van der Waals surface area contributed by atoms with Crippen LogP contribution in [0.3, 0.4) is 0 Å². The summed E-state index contributed by atoms with van der Waals surface area (Å²) >= 11 is 0. The molecule has 0 aliphatic carbocycles. The Hall–Kier alpha value is -1.95. The Balaban J connectivity index is 1.81. The minimum Gasteiger partial charge on any atom is -0.340 e. The molecule has 1 aliphatic heterocycles. The molecule has 0 saturated carbocycles. The minimum absolute atomic E-state index is 0.0308. The molecule has 1 saturated heterocycles. The zero-order valence-corrected chi connectivity index (χ0v) is 13.9. The Labute approximate surface area is 137 Å². The minimum atomic E-state index is -0.857. The molecule has 5 nitrogen and oxygen atoms in total. The first-order valence-corrected chi connectivity index (χ1v) is 9.24. The molecular formula is C17H20N2O3S. The van der Waals surface area contributed by atoms with Crippen LogP contribution >= 0.6 is 0 Å². The first-order valence-electron chi connectivity index (χ1n) is 7.75. The summed E-state index contributed by atoms with van der Waals surface area (Å²) in [5.41, 5.74) is -0.150. The van der Waals surface area contributed by atoms with E-state index in [1.54, 1.807) is 17.2 Å². The number of carbonyl (C=O) groups excluding carboxylic acids is 1. The van der Waals surface area contributed by atoms with Gasteiger partial charge in [-0.25, -0.2) is 0 Å². The largest absolute Gasteiger partial charge is 0.340 e. The van der Waals surface area contributed by atoms with Gasteiger partial charge in [0, 0.05) is 47.0 Å². The van der Waals surface area contributed by atoms with E-state index in [9.17, 15) is 13.8 Å². The highest BCUT2D eigenvalue weighted by atomic mass is 32.2. The normalized spacial score (nSPS) is 22.0. The molecular weight excluding hydrogens is 312 g/mol. The molecule has 122 valence electrons. The molecule has 0 unspecified atom stereocenters. The van der Waals surface area contributed by atoms with Gasteiger partial charge >= 0.3 is 0 Å². The van der Waals surface area contributed by atoms with E-state index in [1.807, 2.05) is 31.2 Å². The number of fused-ring (bicyclic) bond motifs is 1. The standard InChI is InChI=1S/C17H20N2O3S/c1-13-10-18(8-9-23(22)12-13)16(20)11-19-7-6-14-4-2-3-5-15(14)17(19)21/h2-7,13H,8-12H2,1H3/t13-,23+/m0/s1. The zero-order valence-electron chi connectivity index (χ0n) is 13.1. The highest BCUT2D eigenvalue weighted by Crippen LogP contribution is 2.11. The van der Waals surface area contributed by atoms with E-state index in [1.165, 1.54) is 4.57 Å². The maximum absolute atomic E-state index is 12.5. The van der Waals surface area contributed by atoms with Crippen molar-refractivity contribution in [3.8, 4) is 0 Å². The van der Waals surface area contributed by atoms with E-state index in [2.05, 4.69) is 0 Å². The summed E-state index contributed by atoms with van der Waals surface area (Å²) in [5, 5.41) is 1.49. The van der Waals surface area contributed by atoms with Gasteiger partial charge in [0.15, 0.2) is 0 Å². The summed E-state index contributed by atoms with van der Waals surface area (Å²) in [7, 11) is -0.857. The van der Waals surface area contributed by atoms with Crippen LogP contribution in [0.1, 0.15) is 6.92 Å². The molecule has 23 heavy (non-hydrogen) atoms. The van der Waals surface area contributed by atoms with Crippen molar-refractivity contribution in [3.05, 3.63) is 46.9 Å². The lowest BCUT2D eigenvalue weighted by molar-refractivity contribution is -0.132. The lowest BCUT2D eigenvalue weighted by atomic mass is 10.2. The van der Waals surface area contributed by atoms with Crippen molar-refractivity contribution in [3.63, 3.8) is 0 Å². The van der Waals surface area contributed by atoms with Crippen molar-refractivity contribution in [1.29, 1.82) is 0 Å². The lowest BCUT2D eigenvalue weighted by Gasteiger charge is -2.22. The molecule has 0 radical (unpaired) electrons. The van der Waals surface area contributed by atoms with Crippen LogP contribution in [0.4, 0.5) is 0 Å². The summed E-state index contributed by atoms with van der Waals surface area (Å²) in [4.78, 5) is 26.7. The van der Waals surface area contributed by atoms with Gasteiger partial charge in [-0.2, -0.15) is 0 Å². The molecule has 2 heterocycles. The topological polar surface area (TPSA) is 59.4 Å². The maximum atomic E-state index is 12.5. The number of hydrogen-bond donors (Lipinski definition) is 0. The number of amides is 1. The summed E-state index contributed by atoms with van der Waals surface area (Å²) in [6.07, 6.45) is 1.67. The number of hydrogen-bond acceptors (Lipinski definition) is 3. The predicted octanol–water partition coefficient (Wildman–Crippen LogP) is 1.23. The highest BCUT2D eigenvalue weighted by Gasteiger charge is 2.23. The van der Waals surface area contributed by atoms with Crippen LogP contribution in [0, 0.1) is 5.92 Å². The first-order chi connectivity index (χ1) is 11.0. The fraction of sp³-hybridized carbons (Fsp3) is 0.412. The van der Waals surface area contributed by atoms with Crippen molar-refractivity contribution in [2.45, 2.75) is 13.5 Å². The second-order valence-corrected chi connectivity index (χ2v) is 7.71. The maximum Gasteiger partial charge on any atom is 0.258 e. The molecule has 1 aromatic heterocycles. The van der Waals surface area contributed by atoms with Gasteiger partial charge in [-0.1, -0.05) is 25.1 Å². The Morgan fingerprint density at radius 1 is 1.30 bits per heavy atom. The van der Waals surface area contributed by atoms with E-state index in [0.29, 0.717) is 30.0 Å². The van der Waals surface area contributed by atoms with Crippen molar-refractivity contribution in [2.24, 2.45) is 5.92 Å². The monoisotopic (exact) mass is 332 g/mol. The molecule has 2 atom stereocenters. The highest BCUT2D eigenvalue weighted by molar-refractivity contribution is 7.85. The number of aromatic nitrogens is 1. The lowest BCUT2D eigenvalue weighted by Crippen LogP contribution is -2.39. The number of pyridine rings is 1. The Morgan fingerprint density at radius 3 is 2.91 bits per heavy atom. The van der Waals surface area contributed by atoms with Crippen LogP contribution in [0.15, 0.2) is 41.3 Å². The van der Waals surface area contributed by atoms with Gasteiger partial charge in [-0.05, 0) is 23.4 Å².